The molecule has 0 amide bonds. The normalized spacial score (nSPS) is 14.8. The van der Waals surface area contributed by atoms with Crippen LogP contribution in [0.3, 0.4) is 0 Å². The monoisotopic (exact) mass is 325 g/mol. The lowest BCUT2D eigenvalue weighted by molar-refractivity contribution is 0.109. The Morgan fingerprint density at radius 3 is 2.90 bits per heavy atom. The first-order valence-electron chi connectivity index (χ1n) is 6.47. The van der Waals surface area contributed by atoms with Gasteiger partial charge in [0.2, 0.25) is 5.95 Å². The minimum absolute atomic E-state index is 0.112. The van der Waals surface area contributed by atoms with E-state index in [0.717, 1.165) is 21.7 Å². The summed E-state index contributed by atoms with van der Waals surface area (Å²) in [4.78, 5) is 9.43. The van der Waals surface area contributed by atoms with Crippen LogP contribution < -0.4 is 4.72 Å². The van der Waals surface area contributed by atoms with Gasteiger partial charge in [-0.05, 0) is 24.8 Å². The summed E-state index contributed by atoms with van der Waals surface area (Å²) in [6, 6.07) is 0. The van der Waals surface area contributed by atoms with Crippen LogP contribution in [0.15, 0.2) is 16.5 Å². The van der Waals surface area contributed by atoms with E-state index in [-0.39, 0.29) is 5.95 Å². The Morgan fingerprint density at radius 2 is 2.19 bits per heavy atom. The van der Waals surface area contributed by atoms with Crippen molar-refractivity contribution in [2.45, 2.75) is 31.8 Å². The van der Waals surface area contributed by atoms with Crippen molar-refractivity contribution in [2.75, 3.05) is 11.3 Å². The Kier molecular flexibility index (Phi) is 3.68. The average molecular weight is 325 g/mol. The van der Waals surface area contributed by atoms with E-state index >= 15 is 0 Å². The van der Waals surface area contributed by atoms with Crippen molar-refractivity contribution in [3.8, 4) is 0 Å². The van der Waals surface area contributed by atoms with Gasteiger partial charge in [-0.1, -0.05) is 0 Å². The second kappa shape index (κ2) is 5.36. The standard InChI is InChI=1S/C13H15N3O3S2/c1-8-7-20-9(2)12(8)21(17,18)16-13-14-5-10-6-19-4-3-11(10)15-13/h5,7H,3-4,6H2,1-2H3,(H,14,15,16). The van der Waals surface area contributed by atoms with E-state index in [1.165, 1.54) is 11.3 Å². The number of hydrogen-bond donors (Lipinski definition) is 1. The third kappa shape index (κ3) is 2.78. The molecule has 0 aliphatic carbocycles. The van der Waals surface area contributed by atoms with E-state index in [1.807, 2.05) is 5.38 Å². The topological polar surface area (TPSA) is 81.2 Å². The molecule has 8 heteroatoms. The van der Waals surface area contributed by atoms with Gasteiger partial charge in [0.15, 0.2) is 0 Å². The lowest BCUT2D eigenvalue weighted by Gasteiger charge is -2.16. The molecule has 0 bridgehead atoms. The molecule has 112 valence electrons. The van der Waals surface area contributed by atoms with E-state index in [4.69, 9.17) is 4.74 Å². The Bertz CT molecular complexity index is 764. The van der Waals surface area contributed by atoms with Gasteiger partial charge in [0.05, 0.1) is 18.9 Å². The molecule has 21 heavy (non-hydrogen) atoms. The summed E-state index contributed by atoms with van der Waals surface area (Å²) >= 11 is 1.41. The maximum atomic E-state index is 12.5. The lowest BCUT2D eigenvalue weighted by Crippen LogP contribution is -2.19. The van der Waals surface area contributed by atoms with Crippen molar-refractivity contribution in [3.05, 3.63) is 33.3 Å². The Morgan fingerprint density at radius 1 is 1.38 bits per heavy atom. The second-order valence-electron chi connectivity index (χ2n) is 4.88. The van der Waals surface area contributed by atoms with Gasteiger partial charge in [0, 0.05) is 23.1 Å². The number of sulfonamides is 1. The first kappa shape index (κ1) is 14.4. The molecule has 0 saturated carbocycles. The highest BCUT2D eigenvalue weighted by Gasteiger charge is 2.23. The van der Waals surface area contributed by atoms with E-state index in [9.17, 15) is 8.42 Å². The number of fused-ring (bicyclic) bond motifs is 1. The van der Waals surface area contributed by atoms with E-state index in [1.54, 1.807) is 20.0 Å². The molecule has 0 spiro atoms. The Labute approximate surface area is 127 Å². The van der Waals surface area contributed by atoms with Gasteiger partial charge >= 0.3 is 0 Å². The van der Waals surface area contributed by atoms with Crippen LogP contribution >= 0.6 is 11.3 Å². The quantitative estimate of drug-likeness (QED) is 0.934. The summed E-state index contributed by atoms with van der Waals surface area (Å²) in [5, 5.41) is 1.83. The Hall–Kier alpha value is -1.51. The fraction of sp³-hybridized carbons (Fsp3) is 0.385. The van der Waals surface area contributed by atoms with Crippen molar-refractivity contribution < 1.29 is 13.2 Å². The van der Waals surface area contributed by atoms with Gasteiger partial charge in [-0.2, -0.15) is 0 Å². The van der Waals surface area contributed by atoms with Crippen molar-refractivity contribution >= 4 is 27.3 Å². The SMILES string of the molecule is Cc1csc(C)c1S(=O)(=O)Nc1ncc2c(n1)CCOC2. The molecule has 0 radical (unpaired) electrons. The highest BCUT2D eigenvalue weighted by Crippen LogP contribution is 2.27. The van der Waals surface area contributed by atoms with Crippen molar-refractivity contribution in [1.82, 2.24) is 9.97 Å². The number of nitrogens with zero attached hydrogens (tertiary/aromatic N) is 2. The molecule has 2 aromatic heterocycles. The highest BCUT2D eigenvalue weighted by atomic mass is 32.2. The smallest absolute Gasteiger partial charge is 0.265 e. The molecule has 1 aliphatic rings. The second-order valence-corrected chi connectivity index (χ2v) is 7.58. The number of aryl methyl sites for hydroxylation is 2. The third-order valence-electron chi connectivity index (χ3n) is 3.28. The zero-order valence-corrected chi connectivity index (χ0v) is 13.3. The van der Waals surface area contributed by atoms with Crippen LogP contribution in [0.25, 0.3) is 0 Å². The van der Waals surface area contributed by atoms with Crippen molar-refractivity contribution in [3.63, 3.8) is 0 Å². The van der Waals surface area contributed by atoms with E-state index in [2.05, 4.69) is 14.7 Å². The van der Waals surface area contributed by atoms with Crippen LogP contribution in [-0.4, -0.2) is 25.0 Å². The molecule has 3 heterocycles. The average Bonchev–Trinajstić information content (AvgIpc) is 2.78. The predicted molar refractivity (Wildman–Crippen MR) is 80.0 cm³/mol. The molecular formula is C13H15N3O3S2. The van der Waals surface area contributed by atoms with E-state index in [0.29, 0.717) is 24.5 Å². The molecule has 1 aliphatic heterocycles. The van der Waals surface area contributed by atoms with Crippen molar-refractivity contribution in [2.24, 2.45) is 0 Å². The van der Waals surface area contributed by atoms with Gasteiger partial charge in [0.25, 0.3) is 10.0 Å². The molecule has 2 aromatic rings. The Balaban J connectivity index is 1.93. The summed E-state index contributed by atoms with van der Waals surface area (Å²) in [7, 11) is -3.65. The van der Waals surface area contributed by atoms with Crippen LogP contribution in [0.1, 0.15) is 21.7 Å². The number of ether oxygens (including phenoxy) is 1. The zero-order valence-electron chi connectivity index (χ0n) is 11.7. The number of rotatable bonds is 3. The maximum absolute atomic E-state index is 12.5. The van der Waals surface area contributed by atoms with Gasteiger partial charge in [-0.15, -0.1) is 11.3 Å². The number of hydrogen-bond acceptors (Lipinski definition) is 6. The van der Waals surface area contributed by atoms with Crippen LogP contribution in [0.5, 0.6) is 0 Å². The number of anilines is 1. The van der Waals surface area contributed by atoms with Gasteiger partial charge in [-0.25, -0.2) is 23.1 Å². The minimum atomic E-state index is -3.65. The molecular weight excluding hydrogens is 310 g/mol. The number of aromatic nitrogens is 2. The molecule has 1 N–H and O–H groups in total. The van der Waals surface area contributed by atoms with Gasteiger partial charge in [-0.3, -0.25) is 0 Å². The maximum Gasteiger partial charge on any atom is 0.265 e. The number of nitrogens with one attached hydrogen (secondary N) is 1. The fourth-order valence-corrected chi connectivity index (χ4v) is 4.90. The van der Waals surface area contributed by atoms with Crippen LogP contribution in [0.2, 0.25) is 0 Å². The molecule has 0 saturated heterocycles. The minimum Gasteiger partial charge on any atom is -0.376 e. The fourth-order valence-electron chi connectivity index (χ4n) is 2.31. The lowest BCUT2D eigenvalue weighted by atomic mass is 10.1. The molecule has 0 aromatic carbocycles. The summed E-state index contributed by atoms with van der Waals surface area (Å²) in [5.41, 5.74) is 2.48. The molecule has 0 atom stereocenters. The first-order chi connectivity index (χ1) is 9.97. The first-order valence-corrected chi connectivity index (χ1v) is 8.84. The van der Waals surface area contributed by atoms with Gasteiger partial charge < -0.3 is 4.74 Å². The van der Waals surface area contributed by atoms with E-state index < -0.39 is 10.0 Å². The summed E-state index contributed by atoms with van der Waals surface area (Å²) in [5.74, 6) is 0.112. The van der Waals surface area contributed by atoms with Crippen molar-refractivity contribution in [1.29, 1.82) is 0 Å². The summed E-state index contributed by atoms with van der Waals surface area (Å²) < 4.78 is 32.7. The molecule has 6 nitrogen and oxygen atoms in total. The molecule has 0 fully saturated rings. The summed E-state index contributed by atoms with van der Waals surface area (Å²) in [6.07, 6.45) is 2.29. The summed E-state index contributed by atoms with van der Waals surface area (Å²) in [6.45, 7) is 4.64. The highest BCUT2D eigenvalue weighted by molar-refractivity contribution is 7.93. The molecule has 0 unspecified atom stereocenters. The predicted octanol–water partition coefficient (Wildman–Crippen LogP) is 2.03. The van der Waals surface area contributed by atoms with Crippen LogP contribution in [-0.2, 0) is 27.8 Å². The van der Waals surface area contributed by atoms with Crippen LogP contribution in [0, 0.1) is 13.8 Å². The largest absolute Gasteiger partial charge is 0.376 e. The molecule has 3 rings (SSSR count). The van der Waals surface area contributed by atoms with Gasteiger partial charge in [0.1, 0.15) is 4.90 Å². The zero-order chi connectivity index (χ0) is 15.0. The third-order valence-corrected chi connectivity index (χ3v) is 6.05. The number of thiophene rings is 1. The van der Waals surface area contributed by atoms with Crippen LogP contribution in [0.4, 0.5) is 5.95 Å².